The van der Waals surface area contributed by atoms with Crippen LogP contribution in [0.3, 0.4) is 0 Å². The lowest BCUT2D eigenvalue weighted by atomic mass is 10.1. The number of hydrogen-bond acceptors (Lipinski definition) is 6. The molecule has 28 heavy (non-hydrogen) atoms. The molecular weight excluding hydrogens is 370 g/mol. The van der Waals surface area contributed by atoms with Crippen molar-refractivity contribution in [1.82, 2.24) is 19.7 Å². The summed E-state index contributed by atoms with van der Waals surface area (Å²) in [6.45, 7) is 10.5. The molecule has 0 amide bonds. The molecule has 0 bridgehead atoms. The van der Waals surface area contributed by atoms with E-state index in [0.29, 0.717) is 0 Å². The molecule has 1 aliphatic heterocycles. The molecule has 148 valence electrons. The minimum atomic E-state index is 0.778. The fourth-order valence-electron chi connectivity index (χ4n) is 3.27. The minimum Gasteiger partial charge on any atom is -0.379 e. The van der Waals surface area contributed by atoms with Gasteiger partial charge in [-0.05, 0) is 25.5 Å². The van der Waals surface area contributed by atoms with E-state index in [4.69, 9.17) is 9.84 Å². The number of hydrogen-bond donors (Lipinski definition) is 1. The Labute approximate surface area is 170 Å². The second-order valence-electron chi connectivity index (χ2n) is 7.19. The van der Waals surface area contributed by atoms with Crippen LogP contribution in [0.15, 0.2) is 36.5 Å². The minimum absolute atomic E-state index is 0.778. The lowest BCUT2D eigenvalue weighted by Gasteiger charge is -2.26. The molecule has 0 saturated carbocycles. The zero-order valence-corrected chi connectivity index (χ0v) is 17.3. The zero-order valence-electron chi connectivity index (χ0n) is 16.5. The highest BCUT2D eigenvalue weighted by molar-refractivity contribution is 7.19. The second-order valence-corrected chi connectivity index (χ2v) is 8.19. The number of aromatic nitrogens is 3. The zero-order chi connectivity index (χ0) is 19.3. The number of morpholine rings is 1. The molecule has 0 atom stereocenters. The Bertz CT molecular complexity index is 896. The molecule has 1 aliphatic rings. The van der Waals surface area contributed by atoms with Crippen LogP contribution in [0.1, 0.15) is 16.8 Å². The van der Waals surface area contributed by atoms with E-state index in [2.05, 4.69) is 65.6 Å². The molecule has 0 aliphatic carbocycles. The van der Waals surface area contributed by atoms with E-state index in [1.165, 1.54) is 11.1 Å². The van der Waals surface area contributed by atoms with Gasteiger partial charge in [0.25, 0.3) is 0 Å². The number of nitrogens with one attached hydrogen (secondary N) is 1. The van der Waals surface area contributed by atoms with Gasteiger partial charge in [-0.25, -0.2) is 4.98 Å². The molecule has 1 fully saturated rings. The molecule has 0 spiro atoms. The van der Waals surface area contributed by atoms with Crippen molar-refractivity contribution in [3.63, 3.8) is 0 Å². The van der Waals surface area contributed by atoms with Crippen molar-refractivity contribution in [2.24, 2.45) is 0 Å². The van der Waals surface area contributed by atoms with Crippen molar-refractivity contribution in [3.05, 3.63) is 53.3 Å². The van der Waals surface area contributed by atoms with Gasteiger partial charge in [-0.15, -0.1) is 0 Å². The highest BCUT2D eigenvalue weighted by Crippen LogP contribution is 2.31. The SMILES string of the molecule is Cc1ccc(CNc2nc(C)c(-c3ccn(CCN4CCOCC4)n3)s2)cc1. The first-order valence-electron chi connectivity index (χ1n) is 9.78. The molecule has 1 N–H and O–H groups in total. The first-order chi connectivity index (χ1) is 13.7. The summed E-state index contributed by atoms with van der Waals surface area (Å²) in [5, 5.41) is 9.15. The van der Waals surface area contributed by atoms with E-state index in [0.717, 1.165) is 67.3 Å². The maximum atomic E-state index is 5.41. The highest BCUT2D eigenvalue weighted by Gasteiger charge is 2.14. The van der Waals surface area contributed by atoms with Crippen LogP contribution < -0.4 is 5.32 Å². The van der Waals surface area contributed by atoms with Gasteiger partial charge in [-0.3, -0.25) is 9.58 Å². The summed E-state index contributed by atoms with van der Waals surface area (Å²) >= 11 is 1.67. The van der Waals surface area contributed by atoms with Gasteiger partial charge in [0, 0.05) is 32.4 Å². The second kappa shape index (κ2) is 8.86. The van der Waals surface area contributed by atoms with E-state index in [9.17, 15) is 0 Å². The van der Waals surface area contributed by atoms with Gasteiger partial charge in [0.05, 0.1) is 30.3 Å². The molecule has 3 aromatic rings. The molecule has 6 nitrogen and oxygen atoms in total. The van der Waals surface area contributed by atoms with Crippen molar-refractivity contribution in [3.8, 4) is 10.6 Å². The number of nitrogens with zero attached hydrogens (tertiary/aromatic N) is 4. The van der Waals surface area contributed by atoms with Gasteiger partial charge < -0.3 is 10.1 Å². The smallest absolute Gasteiger partial charge is 0.183 e. The maximum Gasteiger partial charge on any atom is 0.183 e. The Hall–Kier alpha value is -2.22. The summed E-state index contributed by atoms with van der Waals surface area (Å²) in [5.74, 6) is 0. The Morgan fingerprint density at radius 2 is 1.86 bits per heavy atom. The average Bonchev–Trinajstić information content (AvgIpc) is 3.33. The molecule has 0 radical (unpaired) electrons. The van der Waals surface area contributed by atoms with Crippen LogP contribution in [0.25, 0.3) is 10.6 Å². The van der Waals surface area contributed by atoms with E-state index in [1.807, 2.05) is 4.68 Å². The summed E-state index contributed by atoms with van der Waals surface area (Å²) in [7, 11) is 0. The molecule has 1 aromatic carbocycles. The standard InChI is InChI=1S/C21H27N5OS/c1-16-3-5-18(6-4-16)15-22-21-23-17(2)20(28-21)19-7-8-26(24-19)10-9-25-11-13-27-14-12-25/h3-8H,9-15H2,1-2H3,(H,22,23). The largest absolute Gasteiger partial charge is 0.379 e. The normalized spacial score (nSPS) is 15.1. The molecular formula is C21H27N5OS. The number of anilines is 1. The topological polar surface area (TPSA) is 55.2 Å². The van der Waals surface area contributed by atoms with Crippen LogP contribution in [-0.2, 0) is 17.8 Å². The van der Waals surface area contributed by atoms with Crippen molar-refractivity contribution < 1.29 is 4.74 Å². The average molecular weight is 398 g/mol. The van der Waals surface area contributed by atoms with E-state index in [-0.39, 0.29) is 0 Å². The van der Waals surface area contributed by atoms with Gasteiger partial charge in [-0.1, -0.05) is 41.2 Å². The summed E-state index contributed by atoms with van der Waals surface area (Å²) < 4.78 is 7.44. The Morgan fingerprint density at radius 1 is 1.07 bits per heavy atom. The Balaban J connectivity index is 1.36. The van der Waals surface area contributed by atoms with Crippen LogP contribution in [0, 0.1) is 13.8 Å². The monoisotopic (exact) mass is 397 g/mol. The predicted molar refractivity (Wildman–Crippen MR) is 114 cm³/mol. The molecule has 0 unspecified atom stereocenters. The third-order valence-corrected chi connectivity index (χ3v) is 6.12. The number of benzene rings is 1. The number of rotatable bonds is 7. The molecule has 3 heterocycles. The number of aryl methyl sites for hydroxylation is 2. The van der Waals surface area contributed by atoms with E-state index < -0.39 is 0 Å². The molecule has 1 saturated heterocycles. The lowest BCUT2D eigenvalue weighted by molar-refractivity contribution is 0.0360. The summed E-state index contributed by atoms with van der Waals surface area (Å²) in [5.41, 5.74) is 4.56. The highest BCUT2D eigenvalue weighted by atomic mass is 32.1. The summed E-state index contributed by atoms with van der Waals surface area (Å²) in [6, 6.07) is 10.7. The third-order valence-electron chi connectivity index (χ3n) is 4.98. The molecule has 4 rings (SSSR count). The van der Waals surface area contributed by atoms with Crippen molar-refractivity contribution >= 4 is 16.5 Å². The first kappa shape index (κ1) is 19.1. The van der Waals surface area contributed by atoms with Gasteiger partial charge in [0.1, 0.15) is 5.69 Å². The van der Waals surface area contributed by atoms with Crippen molar-refractivity contribution in [1.29, 1.82) is 0 Å². The summed E-state index contributed by atoms with van der Waals surface area (Å²) in [4.78, 5) is 8.25. The first-order valence-corrected chi connectivity index (χ1v) is 10.6. The van der Waals surface area contributed by atoms with Gasteiger partial charge >= 0.3 is 0 Å². The quantitative estimate of drug-likeness (QED) is 0.661. The van der Waals surface area contributed by atoms with Gasteiger partial charge in [-0.2, -0.15) is 5.10 Å². The van der Waals surface area contributed by atoms with Crippen LogP contribution in [-0.4, -0.2) is 52.5 Å². The van der Waals surface area contributed by atoms with Crippen LogP contribution >= 0.6 is 11.3 Å². The maximum absolute atomic E-state index is 5.41. The summed E-state index contributed by atoms with van der Waals surface area (Å²) in [6.07, 6.45) is 2.06. The predicted octanol–water partition coefficient (Wildman–Crippen LogP) is 3.57. The lowest BCUT2D eigenvalue weighted by Crippen LogP contribution is -2.38. The number of thiazole rings is 1. The van der Waals surface area contributed by atoms with Crippen LogP contribution in [0.4, 0.5) is 5.13 Å². The Morgan fingerprint density at radius 3 is 2.64 bits per heavy atom. The van der Waals surface area contributed by atoms with E-state index in [1.54, 1.807) is 11.3 Å². The molecule has 7 heteroatoms. The fourth-order valence-corrected chi connectivity index (χ4v) is 4.20. The number of ether oxygens (including phenoxy) is 1. The third kappa shape index (κ3) is 4.79. The van der Waals surface area contributed by atoms with Crippen molar-refractivity contribution in [2.45, 2.75) is 26.9 Å². The van der Waals surface area contributed by atoms with Crippen molar-refractivity contribution in [2.75, 3.05) is 38.2 Å². The molecule has 2 aromatic heterocycles. The van der Waals surface area contributed by atoms with Crippen LogP contribution in [0.5, 0.6) is 0 Å². The van der Waals surface area contributed by atoms with Crippen LogP contribution in [0.2, 0.25) is 0 Å². The van der Waals surface area contributed by atoms with Gasteiger partial charge in [0.2, 0.25) is 0 Å². The Kier molecular flexibility index (Phi) is 6.04. The fraction of sp³-hybridized carbons (Fsp3) is 0.429. The van der Waals surface area contributed by atoms with Gasteiger partial charge in [0.15, 0.2) is 5.13 Å². The van der Waals surface area contributed by atoms with E-state index >= 15 is 0 Å².